The fraction of sp³-hybridized carbons (Fsp3) is 0.148. The maximum atomic E-state index is 12.6. The van der Waals surface area contributed by atoms with Crippen molar-refractivity contribution < 1.29 is 9.53 Å². The monoisotopic (exact) mass is 503 g/mol. The van der Waals surface area contributed by atoms with Crippen LogP contribution in [0.2, 0.25) is 0 Å². The molecule has 6 rings (SSSR count). The highest BCUT2D eigenvalue weighted by Gasteiger charge is 2.22. The normalized spacial score (nSPS) is 13.3. The molecule has 0 atom stereocenters. The fourth-order valence-electron chi connectivity index (χ4n) is 3.95. The number of benzene rings is 2. The molecule has 11 nitrogen and oxygen atoms in total. The molecule has 1 aliphatic carbocycles. The first kappa shape index (κ1) is 23.1. The Morgan fingerprint density at radius 3 is 2.79 bits per heavy atom. The smallest absolute Gasteiger partial charge is 0.265 e. The summed E-state index contributed by atoms with van der Waals surface area (Å²) >= 11 is 0. The van der Waals surface area contributed by atoms with E-state index in [0.717, 1.165) is 29.5 Å². The van der Waals surface area contributed by atoms with Gasteiger partial charge in [-0.15, -0.1) is 10.2 Å². The number of hydrogen-bond donors (Lipinski definition) is 2. The minimum Gasteiger partial charge on any atom is -0.439 e. The van der Waals surface area contributed by atoms with Crippen molar-refractivity contribution in [3.63, 3.8) is 0 Å². The summed E-state index contributed by atoms with van der Waals surface area (Å²) in [5.74, 6) is 1.54. The second kappa shape index (κ2) is 9.59. The van der Waals surface area contributed by atoms with E-state index in [9.17, 15) is 10.1 Å². The molecule has 3 aromatic heterocycles. The van der Waals surface area contributed by atoms with Gasteiger partial charge in [-0.25, -0.2) is 15.0 Å². The summed E-state index contributed by atoms with van der Waals surface area (Å²) < 4.78 is 7.66. The second-order valence-corrected chi connectivity index (χ2v) is 8.97. The number of carbonyl (C=O) groups excluding carboxylic acids is 1. The van der Waals surface area contributed by atoms with Gasteiger partial charge in [0.25, 0.3) is 5.91 Å². The van der Waals surface area contributed by atoms with Crippen molar-refractivity contribution in [2.75, 3.05) is 10.6 Å². The Kier molecular flexibility index (Phi) is 5.82. The first-order valence-corrected chi connectivity index (χ1v) is 11.9. The zero-order valence-electron chi connectivity index (χ0n) is 20.3. The number of nitrogens with zero attached hydrogens (tertiary/aromatic N) is 7. The van der Waals surface area contributed by atoms with Crippen LogP contribution in [0.5, 0.6) is 11.6 Å². The number of fused-ring (bicyclic) bond motifs is 2. The van der Waals surface area contributed by atoms with Crippen molar-refractivity contribution in [2.45, 2.75) is 19.8 Å². The van der Waals surface area contributed by atoms with E-state index in [2.05, 4.69) is 35.8 Å². The van der Waals surface area contributed by atoms with Gasteiger partial charge in [0.2, 0.25) is 5.88 Å². The molecule has 0 bridgehead atoms. The van der Waals surface area contributed by atoms with Crippen LogP contribution in [0, 0.1) is 24.2 Å². The lowest BCUT2D eigenvalue weighted by molar-refractivity contribution is -0.112. The van der Waals surface area contributed by atoms with Gasteiger partial charge in [0, 0.05) is 22.8 Å². The molecule has 38 heavy (non-hydrogen) atoms. The zero-order valence-corrected chi connectivity index (χ0v) is 20.3. The molecule has 0 saturated heterocycles. The summed E-state index contributed by atoms with van der Waals surface area (Å²) in [6.07, 6.45) is 8.42. The molecular formula is C27H21N9O2. The Morgan fingerprint density at radius 2 is 1.97 bits per heavy atom. The maximum absolute atomic E-state index is 12.6. The number of carbonyl (C=O) groups is 1. The van der Waals surface area contributed by atoms with Crippen LogP contribution in [0.25, 0.3) is 16.6 Å². The molecule has 0 radical (unpaired) electrons. The van der Waals surface area contributed by atoms with Gasteiger partial charge >= 0.3 is 0 Å². The standard InChI is InChI=1S/C27H21N9O2/c1-16-8-19(5-7-23(16)38-25-11-24-35-32-15-36(24)14-31-25)33-26-21-10-20(4-6-22(21)29-13-30-26)34-27(37)18(12-28)9-17-2-3-17/h4-11,13-15,17H,2-3H2,1H3,(H,34,37)(H,29,30,33)/b18-9+. The molecule has 1 aliphatic rings. The highest BCUT2D eigenvalue weighted by atomic mass is 16.5. The Morgan fingerprint density at radius 1 is 1.11 bits per heavy atom. The van der Waals surface area contributed by atoms with Gasteiger partial charge in [0.1, 0.15) is 42.2 Å². The average Bonchev–Trinajstić information content (AvgIpc) is 3.63. The summed E-state index contributed by atoms with van der Waals surface area (Å²) in [4.78, 5) is 25.6. The van der Waals surface area contributed by atoms with Crippen LogP contribution in [0.15, 0.2) is 73.1 Å². The van der Waals surface area contributed by atoms with Gasteiger partial charge in [-0.2, -0.15) is 5.26 Å². The number of nitriles is 1. The molecular weight excluding hydrogens is 482 g/mol. The van der Waals surface area contributed by atoms with Crippen molar-refractivity contribution in [2.24, 2.45) is 5.92 Å². The van der Waals surface area contributed by atoms with E-state index in [4.69, 9.17) is 4.74 Å². The average molecular weight is 504 g/mol. The molecule has 11 heteroatoms. The fourth-order valence-corrected chi connectivity index (χ4v) is 3.95. The lowest BCUT2D eigenvalue weighted by atomic mass is 10.1. The van der Waals surface area contributed by atoms with Gasteiger partial charge in [-0.3, -0.25) is 9.20 Å². The van der Waals surface area contributed by atoms with Crippen LogP contribution in [0.3, 0.4) is 0 Å². The lowest BCUT2D eigenvalue weighted by Gasteiger charge is -2.13. The second-order valence-electron chi connectivity index (χ2n) is 8.97. The molecule has 0 unspecified atom stereocenters. The number of aryl methyl sites for hydroxylation is 1. The van der Waals surface area contributed by atoms with Crippen molar-refractivity contribution in [1.82, 2.24) is 29.5 Å². The van der Waals surface area contributed by atoms with E-state index in [1.54, 1.807) is 47.4 Å². The number of hydrogen-bond acceptors (Lipinski definition) is 9. The SMILES string of the molecule is Cc1cc(Nc2ncnc3ccc(NC(=O)/C(C#N)=C/C4CC4)cc23)ccc1Oc1cc2nncn2cn1. The lowest BCUT2D eigenvalue weighted by Crippen LogP contribution is -2.13. The van der Waals surface area contributed by atoms with Crippen molar-refractivity contribution in [3.8, 4) is 17.7 Å². The molecule has 1 amide bonds. The van der Waals surface area contributed by atoms with E-state index in [1.807, 2.05) is 31.2 Å². The molecule has 3 heterocycles. The summed E-state index contributed by atoms with van der Waals surface area (Å²) in [5.41, 5.74) is 3.71. The molecule has 186 valence electrons. The maximum Gasteiger partial charge on any atom is 0.265 e. The van der Waals surface area contributed by atoms with Gasteiger partial charge in [0.05, 0.1) is 5.52 Å². The number of amides is 1. The first-order valence-electron chi connectivity index (χ1n) is 11.9. The van der Waals surface area contributed by atoms with Crippen molar-refractivity contribution in [1.29, 1.82) is 5.26 Å². The van der Waals surface area contributed by atoms with Crippen LogP contribution in [-0.4, -0.2) is 35.5 Å². The van der Waals surface area contributed by atoms with E-state index >= 15 is 0 Å². The highest BCUT2D eigenvalue weighted by molar-refractivity contribution is 6.07. The summed E-state index contributed by atoms with van der Waals surface area (Å²) in [5, 5.41) is 24.1. The molecule has 5 aromatic rings. The van der Waals surface area contributed by atoms with Gasteiger partial charge in [-0.1, -0.05) is 6.08 Å². The summed E-state index contributed by atoms with van der Waals surface area (Å²) in [6, 6.07) is 14.7. The van der Waals surface area contributed by atoms with Gasteiger partial charge < -0.3 is 15.4 Å². The molecule has 1 saturated carbocycles. The molecule has 2 N–H and O–H groups in total. The Balaban J connectivity index is 1.22. The first-order chi connectivity index (χ1) is 18.6. The number of aromatic nitrogens is 6. The van der Waals surface area contributed by atoms with Gasteiger partial charge in [-0.05, 0) is 67.6 Å². The van der Waals surface area contributed by atoms with E-state index < -0.39 is 5.91 Å². The minimum atomic E-state index is -0.422. The largest absolute Gasteiger partial charge is 0.439 e. The molecule has 2 aromatic carbocycles. The molecule has 0 aliphatic heterocycles. The predicted molar refractivity (Wildman–Crippen MR) is 140 cm³/mol. The highest BCUT2D eigenvalue weighted by Crippen LogP contribution is 2.32. The van der Waals surface area contributed by atoms with E-state index in [0.29, 0.717) is 40.2 Å². The number of nitrogens with one attached hydrogen (secondary N) is 2. The molecule has 0 spiro atoms. The summed E-state index contributed by atoms with van der Waals surface area (Å²) in [7, 11) is 0. The zero-order chi connectivity index (χ0) is 26.1. The molecule has 1 fully saturated rings. The van der Waals surface area contributed by atoms with Crippen LogP contribution in [0.1, 0.15) is 18.4 Å². The Bertz CT molecular complexity index is 1770. The number of anilines is 3. The third kappa shape index (κ3) is 4.83. The van der Waals surface area contributed by atoms with Crippen LogP contribution in [-0.2, 0) is 4.79 Å². The van der Waals surface area contributed by atoms with Crippen LogP contribution in [0.4, 0.5) is 17.2 Å². The van der Waals surface area contributed by atoms with E-state index in [1.165, 1.54) is 6.33 Å². The van der Waals surface area contributed by atoms with E-state index in [-0.39, 0.29) is 5.57 Å². The quantitative estimate of drug-likeness (QED) is 0.238. The van der Waals surface area contributed by atoms with Crippen molar-refractivity contribution in [3.05, 3.63) is 78.7 Å². The third-order valence-electron chi connectivity index (χ3n) is 6.10. The predicted octanol–water partition coefficient (Wildman–Crippen LogP) is 4.71. The Labute approximate surface area is 216 Å². The third-order valence-corrected chi connectivity index (χ3v) is 6.10. The minimum absolute atomic E-state index is 0.129. The topological polar surface area (TPSA) is 143 Å². The van der Waals surface area contributed by atoms with Crippen LogP contribution < -0.4 is 15.4 Å². The van der Waals surface area contributed by atoms with Crippen molar-refractivity contribution >= 4 is 39.6 Å². The number of ether oxygens (including phenoxy) is 1. The number of allylic oxidation sites excluding steroid dienone is 1. The summed E-state index contributed by atoms with van der Waals surface area (Å²) in [6.45, 7) is 1.93. The number of rotatable bonds is 7. The van der Waals surface area contributed by atoms with Gasteiger partial charge in [0.15, 0.2) is 5.65 Å². The van der Waals surface area contributed by atoms with Crippen LogP contribution >= 0.6 is 0 Å². The Hall–Kier alpha value is -5.37.